The van der Waals surface area contributed by atoms with E-state index in [1.165, 1.54) is 23.6 Å². The Kier molecular flexibility index (Phi) is 16.6. The number of ether oxygens (including phenoxy) is 4. The van der Waals surface area contributed by atoms with E-state index in [1.54, 1.807) is 11.8 Å². The molecule has 2 atom stereocenters. The standard InChI is InChI=1S/C24H39N3O9S2/c1-5-10-33-20(29)15-17(3)21(30)34-12-7-26(16-19(28)27-9-14-38-24(27)37)8-13-35-22(31)18(4)25-23(32)36-11-6-2/h17-18H,5-16H2,1-4H3,(H,25,32). The van der Waals surface area contributed by atoms with Crippen molar-refractivity contribution in [1.82, 2.24) is 15.1 Å². The molecule has 0 bridgehead atoms. The van der Waals surface area contributed by atoms with E-state index in [1.807, 2.05) is 13.8 Å². The maximum absolute atomic E-state index is 12.7. The van der Waals surface area contributed by atoms with Gasteiger partial charge in [-0.05, 0) is 19.8 Å². The number of rotatable bonds is 17. The van der Waals surface area contributed by atoms with E-state index in [-0.39, 0.29) is 51.8 Å². The molecular weight excluding hydrogens is 538 g/mol. The van der Waals surface area contributed by atoms with Crippen LogP contribution in [0.1, 0.15) is 47.0 Å². The third-order valence-electron chi connectivity index (χ3n) is 5.19. The van der Waals surface area contributed by atoms with Crippen LogP contribution in [0.5, 0.6) is 0 Å². The second kappa shape index (κ2) is 18.7. The number of alkyl carbamates (subject to hydrolysis) is 1. The first-order valence-corrected chi connectivity index (χ1v) is 14.1. The van der Waals surface area contributed by atoms with Gasteiger partial charge in [0.1, 0.15) is 23.6 Å². The first kappa shape index (κ1) is 33.6. The molecular formula is C24H39N3O9S2. The lowest BCUT2D eigenvalue weighted by Gasteiger charge is -2.24. The highest BCUT2D eigenvalue weighted by molar-refractivity contribution is 8.23. The second-order valence-electron chi connectivity index (χ2n) is 8.60. The molecule has 12 nitrogen and oxygen atoms in total. The summed E-state index contributed by atoms with van der Waals surface area (Å²) in [6.45, 7) is 8.08. The van der Waals surface area contributed by atoms with E-state index in [0.717, 1.165) is 5.75 Å². The topological polar surface area (TPSA) is 141 Å². The fourth-order valence-corrected chi connectivity index (χ4v) is 4.31. The largest absolute Gasteiger partial charge is 0.466 e. The Balaban J connectivity index is 2.58. The average Bonchev–Trinajstić information content (AvgIpc) is 3.31. The maximum atomic E-state index is 12.7. The fourth-order valence-electron chi connectivity index (χ4n) is 3.06. The summed E-state index contributed by atoms with van der Waals surface area (Å²) in [4.78, 5) is 63.8. The van der Waals surface area contributed by atoms with Crippen LogP contribution >= 0.6 is 24.0 Å². The Labute approximate surface area is 233 Å². The van der Waals surface area contributed by atoms with Gasteiger partial charge in [-0.3, -0.25) is 24.2 Å². The van der Waals surface area contributed by atoms with Crippen LogP contribution in [0.15, 0.2) is 0 Å². The molecule has 0 aromatic rings. The summed E-state index contributed by atoms with van der Waals surface area (Å²) in [5, 5.41) is 2.39. The second-order valence-corrected chi connectivity index (χ2v) is 10.3. The molecule has 1 rings (SSSR count). The molecule has 38 heavy (non-hydrogen) atoms. The van der Waals surface area contributed by atoms with Crippen molar-refractivity contribution in [2.24, 2.45) is 5.92 Å². The molecule has 14 heteroatoms. The van der Waals surface area contributed by atoms with Gasteiger partial charge in [-0.1, -0.05) is 44.8 Å². The van der Waals surface area contributed by atoms with E-state index in [9.17, 15) is 24.0 Å². The summed E-state index contributed by atoms with van der Waals surface area (Å²) in [6, 6.07) is -0.917. The summed E-state index contributed by atoms with van der Waals surface area (Å²) < 4.78 is 20.9. The zero-order valence-electron chi connectivity index (χ0n) is 22.5. The van der Waals surface area contributed by atoms with E-state index in [2.05, 4.69) is 5.32 Å². The van der Waals surface area contributed by atoms with Crippen molar-refractivity contribution < 1.29 is 42.9 Å². The molecule has 216 valence electrons. The summed E-state index contributed by atoms with van der Waals surface area (Å²) in [5.74, 6) is -1.83. The van der Waals surface area contributed by atoms with Crippen LogP contribution in [0.2, 0.25) is 0 Å². The Bertz CT molecular complexity index is 782. The van der Waals surface area contributed by atoms with Crippen LogP contribution in [-0.2, 0) is 38.1 Å². The van der Waals surface area contributed by atoms with Gasteiger partial charge in [0.2, 0.25) is 5.91 Å². The van der Waals surface area contributed by atoms with Crippen molar-refractivity contribution in [2.75, 3.05) is 58.4 Å². The number of thiocarbonyl (C=S) groups is 1. The number of hydrogen-bond acceptors (Lipinski definition) is 12. The predicted octanol–water partition coefficient (Wildman–Crippen LogP) is 1.74. The monoisotopic (exact) mass is 577 g/mol. The van der Waals surface area contributed by atoms with Gasteiger partial charge in [0.25, 0.3) is 0 Å². The Morgan fingerprint density at radius 2 is 1.55 bits per heavy atom. The lowest BCUT2D eigenvalue weighted by Crippen LogP contribution is -2.44. The normalized spacial score (nSPS) is 14.6. The van der Waals surface area contributed by atoms with Crippen LogP contribution < -0.4 is 5.32 Å². The smallest absolute Gasteiger partial charge is 0.407 e. The number of hydrogen-bond donors (Lipinski definition) is 1. The van der Waals surface area contributed by atoms with E-state index in [4.69, 9.17) is 31.2 Å². The molecule has 1 heterocycles. The molecule has 2 unspecified atom stereocenters. The third-order valence-corrected chi connectivity index (χ3v) is 6.62. The van der Waals surface area contributed by atoms with Crippen molar-refractivity contribution in [2.45, 2.75) is 53.0 Å². The predicted molar refractivity (Wildman–Crippen MR) is 144 cm³/mol. The van der Waals surface area contributed by atoms with E-state index in [0.29, 0.717) is 30.3 Å². The Morgan fingerprint density at radius 3 is 2.13 bits per heavy atom. The minimum Gasteiger partial charge on any atom is -0.466 e. The zero-order chi connectivity index (χ0) is 28.5. The van der Waals surface area contributed by atoms with Crippen LogP contribution in [-0.4, -0.2) is 108 Å². The number of thioether (sulfide) groups is 1. The highest BCUT2D eigenvalue weighted by Gasteiger charge is 2.26. The molecule has 0 aliphatic carbocycles. The number of carbonyl (C=O) groups is 5. The number of esters is 3. The molecule has 1 N–H and O–H groups in total. The van der Waals surface area contributed by atoms with E-state index >= 15 is 0 Å². The van der Waals surface area contributed by atoms with Crippen molar-refractivity contribution in [1.29, 1.82) is 0 Å². The summed E-state index contributed by atoms with van der Waals surface area (Å²) >= 11 is 6.65. The first-order valence-electron chi connectivity index (χ1n) is 12.7. The van der Waals surface area contributed by atoms with Crippen molar-refractivity contribution in [3.8, 4) is 0 Å². The minimum absolute atomic E-state index is 0.0220. The molecule has 0 aromatic carbocycles. The Hall–Kier alpha value is -2.45. The van der Waals surface area contributed by atoms with E-state index < -0.39 is 36.0 Å². The first-order chi connectivity index (χ1) is 18.1. The summed E-state index contributed by atoms with van der Waals surface area (Å²) in [5.41, 5.74) is 0. The zero-order valence-corrected chi connectivity index (χ0v) is 24.2. The van der Waals surface area contributed by atoms with Gasteiger partial charge in [0.15, 0.2) is 0 Å². The van der Waals surface area contributed by atoms with Gasteiger partial charge in [-0.15, -0.1) is 0 Å². The van der Waals surface area contributed by atoms with Crippen LogP contribution in [0.4, 0.5) is 4.79 Å². The number of nitrogens with zero attached hydrogens (tertiary/aromatic N) is 2. The van der Waals surface area contributed by atoms with Crippen molar-refractivity contribution >= 4 is 58.2 Å². The molecule has 0 saturated carbocycles. The van der Waals surface area contributed by atoms with Gasteiger partial charge < -0.3 is 24.3 Å². The maximum Gasteiger partial charge on any atom is 0.407 e. The lowest BCUT2D eigenvalue weighted by molar-refractivity contribution is -0.155. The van der Waals surface area contributed by atoms with Crippen molar-refractivity contribution in [3.63, 3.8) is 0 Å². The molecule has 1 aliphatic rings. The highest BCUT2D eigenvalue weighted by Crippen LogP contribution is 2.18. The molecule has 1 aliphatic heterocycles. The Morgan fingerprint density at radius 1 is 0.947 bits per heavy atom. The molecule has 0 aromatic heterocycles. The minimum atomic E-state index is -0.917. The van der Waals surface area contributed by atoms with Gasteiger partial charge in [0, 0.05) is 25.4 Å². The van der Waals surface area contributed by atoms with Gasteiger partial charge in [-0.25, -0.2) is 9.59 Å². The average molecular weight is 578 g/mol. The lowest BCUT2D eigenvalue weighted by atomic mass is 10.1. The number of carbonyl (C=O) groups excluding carboxylic acids is 5. The summed E-state index contributed by atoms with van der Waals surface area (Å²) in [6.07, 6.45) is 0.550. The summed E-state index contributed by atoms with van der Waals surface area (Å²) in [7, 11) is 0. The van der Waals surface area contributed by atoms with Crippen LogP contribution in [0, 0.1) is 5.92 Å². The molecule has 1 fully saturated rings. The number of nitrogens with one attached hydrogen (secondary N) is 1. The van der Waals surface area contributed by atoms with Crippen LogP contribution in [0.25, 0.3) is 0 Å². The highest BCUT2D eigenvalue weighted by atomic mass is 32.2. The molecule has 0 spiro atoms. The molecule has 0 radical (unpaired) electrons. The van der Waals surface area contributed by atoms with Crippen molar-refractivity contribution in [3.05, 3.63) is 0 Å². The van der Waals surface area contributed by atoms with Gasteiger partial charge >= 0.3 is 24.0 Å². The van der Waals surface area contributed by atoms with Gasteiger partial charge in [-0.2, -0.15) is 0 Å². The molecule has 1 saturated heterocycles. The fraction of sp³-hybridized carbons (Fsp3) is 0.750. The SMILES string of the molecule is CCCOC(=O)CC(C)C(=O)OCCN(CCOC(=O)C(C)NC(=O)OCCC)CC(=O)N1CCSC1=S. The van der Waals surface area contributed by atoms with Gasteiger partial charge in [0.05, 0.1) is 32.1 Å². The quantitative estimate of drug-likeness (QED) is 0.153. The third kappa shape index (κ3) is 13.4. The number of amides is 2. The van der Waals surface area contributed by atoms with Crippen LogP contribution in [0.3, 0.4) is 0 Å². The molecule has 2 amide bonds.